The predicted octanol–water partition coefficient (Wildman–Crippen LogP) is 4.12. The van der Waals surface area contributed by atoms with Crippen molar-refractivity contribution in [1.82, 2.24) is 10.2 Å². The SMILES string of the molecule is O=C(NC1CCCCC1)C1CCCN1Cc1ccc(C(F)(F)F)cc1. The number of nitrogens with one attached hydrogen (secondary N) is 1. The van der Waals surface area contributed by atoms with E-state index >= 15 is 0 Å². The summed E-state index contributed by atoms with van der Waals surface area (Å²) in [6.07, 6.45) is 3.15. The molecule has 1 aromatic rings. The highest BCUT2D eigenvalue weighted by Crippen LogP contribution is 2.30. The smallest absolute Gasteiger partial charge is 0.352 e. The van der Waals surface area contributed by atoms with Crippen LogP contribution in [-0.2, 0) is 17.5 Å². The van der Waals surface area contributed by atoms with Crippen LogP contribution in [0.5, 0.6) is 0 Å². The Morgan fingerprint density at radius 2 is 1.72 bits per heavy atom. The molecule has 6 heteroatoms. The van der Waals surface area contributed by atoms with Crippen molar-refractivity contribution in [3.05, 3.63) is 35.4 Å². The Kier molecular flexibility index (Phi) is 5.67. The van der Waals surface area contributed by atoms with Crippen molar-refractivity contribution in [3.63, 3.8) is 0 Å². The molecule has 1 unspecified atom stereocenters. The summed E-state index contributed by atoms with van der Waals surface area (Å²) < 4.78 is 38.0. The molecule has 1 heterocycles. The molecule has 3 rings (SSSR count). The maximum Gasteiger partial charge on any atom is 0.416 e. The third-order valence-electron chi connectivity index (χ3n) is 5.28. The lowest BCUT2D eigenvalue weighted by molar-refractivity contribution is -0.137. The fourth-order valence-electron chi connectivity index (χ4n) is 3.89. The van der Waals surface area contributed by atoms with Crippen LogP contribution in [0.15, 0.2) is 24.3 Å². The van der Waals surface area contributed by atoms with Crippen LogP contribution in [0.2, 0.25) is 0 Å². The Balaban J connectivity index is 1.58. The van der Waals surface area contributed by atoms with Crippen LogP contribution in [0.3, 0.4) is 0 Å². The summed E-state index contributed by atoms with van der Waals surface area (Å²) in [5, 5.41) is 3.18. The van der Waals surface area contributed by atoms with Gasteiger partial charge >= 0.3 is 6.18 Å². The largest absolute Gasteiger partial charge is 0.416 e. The molecular formula is C19H25F3N2O. The minimum atomic E-state index is -4.31. The lowest BCUT2D eigenvalue weighted by Crippen LogP contribution is -2.47. The van der Waals surface area contributed by atoms with E-state index in [1.165, 1.54) is 31.4 Å². The Morgan fingerprint density at radius 3 is 2.36 bits per heavy atom. The number of carbonyl (C=O) groups excluding carboxylic acids is 1. The first-order chi connectivity index (χ1) is 11.9. The molecule has 1 amide bonds. The van der Waals surface area contributed by atoms with Gasteiger partial charge in [0.05, 0.1) is 11.6 Å². The highest BCUT2D eigenvalue weighted by atomic mass is 19.4. The van der Waals surface area contributed by atoms with Gasteiger partial charge in [0.25, 0.3) is 0 Å². The minimum absolute atomic E-state index is 0.0799. The Hall–Kier alpha value is -1.56. The second-order valence-corrected chi connectivity index (χ2v) is 7.17. The summed E-state index contributed by atoms with van der Waals surface area (Å²) in [7, 11) is 0. The zero-order chi connectivity index (χ0) is 17.9. The van der Waals surface area contributed by atoms with Crippen LogP contribution < -0.4 is 5.32 Å². The highest BCUT2D eigenvalue weighted by Gasteiger charge is 2.33. The quantitative estimate of drug-likeness (QED) is 0.882. The zero-order valence-corrected chi connectivity index (χ0v) is 14.3. The number of alkyl halides is 3. The summed E-state index contributed by atoms with van der Waals surface area (Å²) >= 11 is 0. The molecule has 1 saturated heterocycles. The van der Waals surface area contributed by atoms with Crippen molar-refractivity contribution < 1.29 is 18.0 Å². The molecule has 25 heavy (non-hydrogen) atoms. The van der Waals surface area contributed by atoms with E-state index in [4.69, 9.17) is 0 Å². The summed E-state index contributed by atoms with van der Waals surface area (Å²) in [4.78, 5) is 14.7. The molecule has 3 nitrogen and oxygen atoms in total. The molecule has 0 spiro atoms. The van der Waals surface area contributed by atoms with Crippen molar-refractivity contribution >= 4 is 5.91 Å². The van der Waals surface area contributed by atoms with Gasteiger partial charge in [-0.2, -0.15) is 13.2 Å². The third kappa shape index (κ3) is 4.75. The molecule has 138 valence electrons. The molecule has 1 saturated carbocycles. The molecule has 0 aromatic heterocycles. The topological polar surface area (TPSA) is 32.3 Å². The number of carbonyl (C=O) groups is 1. The van der Waals surface area contributed by atoms with E-state index in [9.17, 15) is 18.0 Å². The van der Waals surface area contributed by atoms with Gasteiger partial charge in [-0.05, 0) is 49.9 Å². The van der Waals surface area contributed by atoms with E-state index in [1.807, 2.05) is 0 Å². The van der Waals surface area contributed by atoms with Crippen LogP contribution in [0.4, 0.5) is 13.2 Å². The average Bonchev–Trinajstić information content (AvgIpc) is 3.04. The lowest BCUT2D eigenvalue weighted by Gasteiger charge is -2.28. The monoisotopic (exact) mass is 354 g/mol. The van der Waals surface area contributed by atoms with Gasteiger partial charge in [-0.1, -0.05) is 31.4 Å². The van der Waals surface area contributed by atoms with Gasteiger partial charge < -0.3 is 5.32 Å². The van der Waals surface area contributed by atoms with Gasteiger partial charge in [0.1, 0.15) is 0 Å². The molecule has 0 radical (unpaired) electrons. The minimum Gasteiger partial charge on any atom is -0.352 e. The van der Waals surface area contributed by atoms with Gasteiger partial charge in [-0.25, -0.2) is 0 Å². The number of likely N-dealkylation sites (tertiary alicyclic amines) is 1. The molecule has 1 aromatic carbocycles. The Labute approximate surface area is 146 Å². The van der Waals surface area contributed by atoms with Crippen LogP contribution in [-0.4, -0.2) is 29.4 Å². The summed E-state index contributed by atoms with van der Waals surface area (Å²) in [6.45, 7) is 1.32. The Morgan fingerprint density at radius 1 is 1.04 bits per heavy atom. The van der Waals surface area contributed by atoms with E-state index in [0.717, 1.165) is 49.9 Å². The second kappa shape index (κ2) is 7.77. The van der Waals surface area contributed by atoms with Crippen molar-refractivity contribution in [2.45, 2.75) is 69.8 Å². The summed E-state index contributed by atoms with van der Waals surface area (Å²) in [5.74, 6) is 0.0799. The molecule has 1 aliphatic heterocycles. The number of nitrogens with zero attached hydrogens (tertiary/aromatic N) is 1. The first-order valence-corrected chi connectivity index (χ1v) is 9.14. The molecule has 2 aliphatic rings. The zero-order valence-electron chi connectivity index (χ0n) is 14.3. The van der Waals surface area contributed by atoms with Crippen LogP contribution in [0.25, 0.3) is 0 Å². The molecule has 1 aliphatic carbocycles. The van der Waals surface area contributed by atoms with E-state index in [-0.39, 0.29) is 18.0 Å². The van der Waals surface area contributed by atoms with E-state index < -0.39 is 11.7 Å². The Bertz CT molecular complexity index is 579. The number of amides is 1. The number of halogens is 3. The van der Waals surface area contributed by atoms with Gasteiger partial charge in [-0.15, -0.1) is 0 Å². The summed E-state index contributed by atoms with van der Waals surface area (Å²) in [6, 6.07) is 5.37. The molecule has 1 N–H and O–H groups in total. The van der Waals surface area contributed by atoms with E-state index in [2.05, 4.69) is 10.2 Å². The predicted molar refractivity (Wildman–Crippen MR) is 89.9 cm³/mol. The van der Waals surface area contributed by atoms with Crippen LogP contribution >= 0.6 is 0 Å². The molecule has 1 atom stereocenters. The van der Waals surface area contributed by atoms with E-state index in [0.29, 0.717) is 6.54 Å². The first kappa shape index (κ1) is 18.2. The fraction of sp³-hybridized carbons (Fsp3) is 0.632. The third-order valence-corrected chi connectivity index (χ3v) is 5.28. The van der Waals surface area contributed by atoms with Crippen molar-refractivity contribution in [3.8, 4) is 0 Å². The number of benzene rings is 1. The maximum atomic E-state index is 12.7. The van der Waals surface area contributed by atoms with Gasteiger partial charge in [0.15, 0.2) is 0 Å². The molecular weight excluding hydrogens is 329 g/mol. The normalized spacial score (nSPS) is 22.9. The molecule has 0 bridgehead atoms. The average molecular weight is 354 g/mol. The van der Waals surface area contributed by atoms with Gasteiger partial charge in [0, 0.05) is 12.6 Å². The highest BCUT2D eigenvalue weighted by molar-refractivity contribution is 5.82. The molecule has 2 fully saturated rings. The van der Waals surface area contributed by atoms with Crippen molar-refractivity contribution in [1.29, 1.82) is 0 Å². The first-order valence-electron chi connectivity index (χ1n) is 9.14. The second-order valence-electron chi connectivity index (χ2n) is 7.17. The standard InChI is InChI=1S/C19H25F3N2O/c20-19(21,22)15-10-8-14(9-11-15)13-24-12-4-7-17(24)18(25)23-16-5-2-1-3-6-16/h8-11,16-17H,1-7,12-13H2,(H,23,25). The number of hydrogen-bond donors (Lipinski definition) is 1. The number of hydrogen-bond acceptors (Lipinski definition) is 2. The van der Waals surface area contributed by atoms with Crippen LogP contribution in [0, 0.1) is 0 Å². The number of rotatable bonds is 4. The van der Waals surface area contributed by atoms with Gasteiger partial charge in [-0.3, -0.25) is 9.69 Å². The summed E-state index contributed by atoms with van der Waals surface area (Å²) in [5.41, 5.74) is 0.176. The van der Waals surface area contributed by atoms with Crippen molar-refractivity contribution in [2.24, 2.45) is 0 Å². The van der Waals surface area contributed by atoms with Gasteiger partial charge in [0.2, 0.25) is 5.91 Å². The fourth-order valence-corrected chi connectivity index (χ4v) is 3.89. The van der Waals surface area contributed by atoms with Crippen molar-refractivity contribution in [2.75, 3.05) is 6.54 Å². The van der Waals surface area contributed by atoms with E-state index in [1.54, 1.807) is 0 Å². The van der Waals surface area contributed by atoms with Crippen LogP contribution in [0.1, 0.15) is 56.1 Å². The lowest BCUT2D eigenvalue weighted by atomic mass is 9.95. The maximum absolute atomic E-state index is 12.7.